The zero-order chi connectivity index (χ0) is 34.1. The molecule has 0 aliphatic carbocycles. The summed E-state index contributed by atoms with van der Waals surface area (Å²) in [6.45, 7) is 1.33. The summed E-state index contributed by atoms with van der Waals surface area (Å²) in [7, 11) is -3.68. The molecule has 4 atom stereocenters. The average molecular weight is 673 g/mol. The fraction of sp³-hybridized carbons (Fsp3) is 0.389. The van der Waals surface area contributed by atoms with Crippen LogP contribution in [-0.4, -0.2) is 86.3 Å². The molecule has 3 aromatic carbocycles. The van der Waals surface area contributed by atoms with Gasteiger partial charge in [-0.05, 0) is 54.7 Å². The maximum Gasteiger partial charge on any atom is 0.257 e. The predicted octanol–water partition coefficient (Wildman–Crippen LogP) is 2.64. The van der Waals surface area contributed by atoms with Crippen molar-refractivity contribution in [3.8, 4) is 0 Å². The van der Waals surface area contributed by atoms with E-state index in [1.54, 1.807) is 11.2 Å². The summed E-state index contributed by atoms with van der Waals surface area (Å²) in [5.74, 6) is 4.91. The number of carbonyl (C=O) groups is 3. The molecule has 5 rings (SSSR count). The first-order valence-electron chi connectivity index (χ1n) is 16.4. The van der Waals surface area contributed by atoms with E-state index in [4.69, 9.17) is 5.84 Å². The number of hydrogen-bond acceptors (Lipinski definition) is 7. The molecule has 4 N–H and O–H groups in total. The fourth-order valence-electron chi connectivity index (χ4n) is 6.58. The van der Waals surface area contributed by atoms with Crippen LogP contribution in [0.5, 0.6) is 0 Å². The standard InChI is InChI=1S/C36H44N6O5S/c1-48(46,47)40-31(23-26-12-5-2-6-13-26)36(45)41-20-11-18-32(41)34(43)38-24-27-19-21-42(37)30(22-27)25-39-35(44)33(28-14-7-3-8-15-28)29-16-9-4-10-17-29/h2-10,12-17,25,27,30-33,40H,11,18-24,37H2,1H3,(H,38,43)/t27?,30?,31-,32+/m1/s1. The van der Waals surface area contributed by atoms with Crippen LogP contribution >= 0.6 is 0 Å². The summed E-state index contributed by atoms with van der Waals surface area (Å²) >= 11 is 0. The van der Waals surface area contributed by atoms with E-state index in [2.05, 4.69) is 15.0 Å². The third kappa shape index (κ3) is 9.44. The molecule has 2 fully saturated rings. The third-order valence-electron chi connectivity index (χ3n) is 9.02. The highest BCUT2D eigenvalue weighted by atomic mass is 32.2. The average Bonchev–Trinajstić information content (AvgIpc) is 3.58. The second-order valence-electron chi connectivity index (χ2n) is 12.6. The smallest absolute Gasteiger partial charge is 0.257 e. The summed E-state index contributed by atoms with van der Waals surface area (Å²) < 4.78 is 26.8. The van der Waals surface area contributed by atoms with Gasteiger partial charge in [-0.15, -0.1) is 0 Å². The monoisotopic (exact) mass is 672 g/mol. The number of nitrogens with two attached hydrogens (primary N) is 1. The van der Waals surface area contributed by atoms with Gasteiger partial charge in [0.15, 0.2) is 0 Å². The minimum Gasteiger partial charge on any atom is -0.354 e. The Bertz CT molecular complexity index is 1630. The first kappa shape index (κ1) is 35.1. The minimum absolute atomic E-state index is 0.0858. The fourth-order valence-corrected chi connectivity index (χ4v) is 7.28. The Morgan fingerprint density at radius 2 is 1.52 bits per heavy atom. The van der Waals surface area contributed by atoms with Crippen LogP contribution in [-0.2, 0) is 30.8 Å². The molecule has 254 valence electrons. The van der Waals surface area contributed by atoms with Gasteiger partial charge in [0.1, 0.15) is 12.1 Å². The number of benzene rings is 3. The van der Waals surface area contributed by atoms with E-state index in [1.165, 1.54) is 4.90 Å². The van der Waals surface area contributed by atoms with Crippen molar-refractivity contribution in [2.24, 2.45) is 16.8 Å². The normalized spacial score (nSPS) is 21.0. The van der Waals surface area contributed by atoms with Crippen LogP contribution in [0.1, 0.15) is 48.3 Å². The Morgan fingerprint density at radius 1 is 0.917 bits per heavy atom. The minimum atomic E-state index is -3.68. The predicted molar refractivity (Wildman–Crippen MR) is 185 cm³/mol. The Morgan fingerprint density at radius 3 is 2.12 bits per heavy atom. The Labute approximate surface area is 282 Å². The third-order valence-corrected chi connectivity index (χ3v) is 9.74. The summed E-state index contributed by atoms with van der Waals surface area (Å²) in [5.41, 5.74) is 2.53. The number of carbonyl (C=O) groups excluding carboxylic acids is 3. The van der Waals surface area contributed by atoms with E-state index in [0.717, 1.165) is 29.4 Å². The molecule has 2 saturated heterocycles. The van der Waals surface area contributed by atoms with Crippen LogP contribution in [0.3, 0.4) is 0 Å². The van der Waals surface area contributed by atoms with E-state index in [-0.39, 0.29) is 30.2 Å². The van der Waals surface area contributed by atoms with Gasteiger partial charge in [0.25, 0.3) is 5.91 Å². The van der Waals surface area contributed by atoms with Crippen LogP contribution in [0, 0.1) is 5.92 Å². The molecule has 12 heteroatoms. The lowest BCUT2D eigenvalue weighted by Crippen LogP contribution is -2.55. The number of amides is 3. The lowest BCUT2D eigenvalue weighted by atomic mass is 9.90. The molecular formula is C36H44N6O5S. The van der Waals surface area contributed by atoms with Crippen molar-refractivity contribution < 1.29 is 22.8 Å². The van der Waals surface area contributed by atoms with Crippen LogP contribution in [0.4, 0.5) is 0 Å². The number of hydrogen-bond donors (Lipinski definition) is 3. The van der Waals surface area contributed by atoms with Gasteiger partial charge in [-0.25, -0.2) is 23.1 Å². The number of aliphatic imine (C=N–C) groups is 1. The van der Waals surface area contributed by atoms with E-state index in [9.17, 15) is 22.8 Å². The molecule has 48 heavy (non-hydrogen) atoms. The topological polar surface area (TPSA) is 154 Å². The van der Waals surface area contributed by atoms with Gasteiger partial charge in [-0.3, -0.25) is 20.2 Å². The Kier molecular flexibility index (Phi) is 11.9. The molecule has 0 aromatic heterocycles. The number of hydrazine groups is 1. The summed E-state index contributed by atoms with van der Waals surface area (Å²) in [6, 6.07) is 26.3. The van der Waals surface area contributed by atoms with Crippen molar-refractivity contribution in [1.82, 2.24) is 19.9 Å². The van der Waals surface area contributed by atoms with Crippen LogP contribution < -0.4 is 15.9 Å². The highest BCUT2D eigenvalue weighted by molar-refractivity contribution is 7.88. The van der Waals surface area contributed by atoms with Crippen LogP contribution in [0.2, 0.25) is 0 Å². The maximum atomic E-state index is 13.6. The summed E-state index contributed by atoms with van der Waals surface area (Å²) in [4.78, 5) is 46.4. The van der Waals surface area contributed by atoms with E-state index < -0.39 is 33.9 Å². The molecule has 0 saturated carbocycles. The summed E-state index contributed by atoms with van der Waals surface area (Å²) in [6.07, 6.45) is 5.31. The van der Waals surface area contributed by atoms with Crippen molar-refractivity contribution in [2.75, 3.05) is 25.9 Å². The maximum absolute atomic E-state index is 13.6. The SMILES string of the molecule is CS(=O)(=O)N[C@H](Cc1ccccc1)C(=O)N1CCC[C@H]1C(=O)NCC1CCN(N)C(C=NC(=O)C(c2ccccc2)c2ccccc2)C1. The van der Waals surface area contributed by atoms with E-state index in [0.29, 0.717) is 38.9 Å². The van der Waals surface area contributed by atoms with Gasteiger partial charge in [0.2, 0.25) is 21.8 Å². The van der Waals surface area contributed by atoms with Gasteiger partial charge in [-0.2, -0.15) is 0 Å². The quantitative estimate of drug-likeness (QED) is 0.198. The molecule has 0 bridgehead atoms. The first-order valence-corrected chi connectivity index (χ1v) is 18.3. The molecule has 11 nitrogen and oxygen atoms in total. The van der Waals surface area contributed by atoms with E-state index in [1.807, 2.05) is 91.0 Å². The molecule has 0 radical (unpaired) electrons. The van der Waals surface area contributed by atoms with Crippen molar-refractivity contribution in [2.45, 2.75) is 56.1 Å². The molecular weight excluding hydrogens is 629 g/mol. The van der Waals surface area contributed by atoms with Crippen molar-refractivity contribution in [3.63, 3.8) is 0 Å². The molecule has 0 spiro atoms. The Hall–Kier alpha value is -4.23. The molecule has 3 amide bonds. The zero-order valence-corrected chi connectivity index (χ0v) is 28.0. The number of piperidine rings is 1. The van der Waals surface area contributed by atoms with Gasteiger partial charge in [0.05, 0.1) is 18.2 Å². The Balaban J connectivity index is 1.20. The van der Waals surface area contributed by atoms with Crippen molar-refractivity contribution >= 4 is 34.0 Å². The van der Waals surface area contributed by atoms with Crippen LogP contribution in [0.15, 0.2) is 96.0 Å². The lowest BCUT2D eigenvalue weighted by molar-refractivity contribution is -0.139. The highest BCUT2D eigenvalue weighted by Crippen LogP contribution is 2.27. The van der Waals surface area contributed by atoms with Crippen molar-refractivity contribution in [3.05, 3.63) is 108 Å². The van der Waals surface area contributed by atoms with Gasteiger partial charge in [-0.1, -0.05) is 91.0 Å². The molecule has 2 unspecified atom stereocenters. The first-order chi connectivity index (χ1) is 23.1. The largest absolute Gasteiger partial charge is 0.354 e. The number of nitrogens with zero attached hydrogens (tertiary/aromatic N) is 3. The molecule has 2 aliphatic rings. The zero-order valence-electron chi connectivity index (χ0n) is 27.1. The number of nitrogens with one attached hydrogen (secondary N) is 2. The second kappa shape index (κ2) is 16.2. The molecule has 3 aromatic rings. The lowest BCUT2D eigenvalue weighted by Gasteiger charge is -2.35. The van der Waals surface area contributed by atoms with Crippen molar-refractivity contribution in [1.29, 1.82) is 0 Å². The van der Waals surface area contributed by atoms with Gasteiger partial charge >= 0.3 is 0 Å². The van der Waals surface area contributed by atoms with Crippen LogP contribution in [0.25, 0.3) is 0 Å². The number of likely N-dealkylation sites (tertiary alicyclic amines) is 1. The molecule has 2 aliphatic heterocycles. The molecule has 2 heterocycles. The van der Waals surface area contributed by atoms with Gasteiger partial charge < -0.3 is 10.2 Å². The number of rotatable bonds is 12. The second-order valence-corrected chi connectivity index (χ2v) is 14.4. The highest BCUT2D eigenvalue weighted by Gasteiger charge is 2.38. The number of sulfonamides is 1. The van der Waals surface area contributed by atoms with Gasteiger partial charge in [0, 0.05) is 25.8 Å². The summed E-state index contributed by atoms with van der Waals surface area (Å²) in [5, 5.41) is 4.71. The van der Waals surface area contributed by atoms with E-state index >= 15 is 0 Å².